The minimum atomic E-state index is 0.423. The van der Waals surface area contributed by atoms with Crippen LogP contribution in [0.3, 0.4) is 0 Å². The van der Waals surface area contributed by atoms with E-state index in [0.717, 1.165) is 17.9 Å². The van der Waals surface area contributed by atoms with Crippen molar-refractivity contribution in [2.45, 2.75) is 83.8 Å². The summed E-state index contributed by atoms with van der Waals surface area (Å²) in [6.07, 6.45) is 9.42. The molecule has 0 bridgehead atoms. The first-order valence-corrected chi connectivity index (χ1v) is 8.14. The van der Waals surface area contributed by atoms with Crippen molar-refractivity contribution in [1.82, 2.24) is 4.90 Å². The Balaban J connectivity index is 2.03. The molecule has 18 heavy (non-hydrogen) atoms. The van der Waals surface area contributed by atoms with Gasteiger partial charge in [-0.05, 0) is 56.9 Å². The van der Waals surface area contributed by atoms with Crippen molar-refractivity contribution in [3.8, 4) is 0 Å². The van der Waals surface area contributed by atoms with Crippen LogP contribution in [0.5, 0.6) is 0 Å². The summed E-state index contributed by atoms with van der Waals surface area (Å²) >= 11 is 0. The summed E-state index contributed by atoms with van der Waals surface area (Å²) in [4.78, 5) is 2.78. The van der Waals surface area contributed by atoms with Gasteiger partial charge >= 0.3 is 0 Å². The molecule has 1 aliphatic carbocycles. The summed E-state index contributed by atoms with van der Waals surface area (Å²) in [5.41, 5.74) is 6.45. The molecule has 1 heterocycles. The predicted octanol–water partition coefficient (Wildman–Crippen LogP) is 3.40. The molecule has 4 unspecified atom stereocenters. The quantitative estimate of drug-likeness (QED) is 0.834. The average Bonchev–Trinajstić information content (AvgIpc) is 2.39. The third kappa shape index (κ3) is 3.08. The van der Waals surface area contributed by atoms with Crippen molar-refractivity contribution in [1.29, 1.82) is 0 Å². The number of hydrogen-bond donors (Lipinski definition) is 1. The molecule has 2 nitrogen and oxygen atoms in total. The molecule has 0 aromatic rings. The van der Waals surface area contributed by atoms with Gasteiger partial charge in [0.25, 0.3) is 0 Å². The summed E-state index contributed by atoms with van der Waals surface area (Å²) in [6.45, 7) is 8.40. The fourth-order valence-electron chi connectivity index (χ4n) is 4.09. The molecule has 2 N–H and O–H groups in total. The van der Waals surface area contributed by atoms with Gasteiger partial charge in [0.2, 0.25) is 0 Å². The van der Waals surface area contributed by atoms with Crippen molar-refractivity contribution < 1.29 is 0 Å². The number of likely N-dealkylation sites (tertiary alicyclic amines) is 1. The van der Waals surface area contributed by atoms with Gasteiger partial charge in [0, 0.05) is 18.1 Å². The maximum absolute atomic E-state index is 6.45. The van der Waals surface area contributed by atoms with Gasteiger partial charge in [0.1, 0.15) is 0 Å². The molecule has 1 saturated carbocycles. The van der Waals surface area contributed by atoms with Gasteiger partial charge in [-0.1, -0.05) is 27.2 Å². The second-order valence-corrected chi connectivity index (χ2v) is 6.84. The van der Waals surface area contributed by atoms with E-state index in [0.29, 0.717) is 12.1 Å². The van der Waals surface area contributed by atoms with Gasteiger partial charge in [-0.3, -0.25) is 4.90 Å². The molecule has 2 rings (SSSR count). The Morgan fingerprint density at radius 3 is 2.61 bits per heavy atom. The molecule has 4 atom stereocenters. The number of piperidine rings is 1. The van der Waals surface area contributed by atoms with E-state index in [2.05, 4.69) is 25.7 Å². The SMILES string of the molecule is CCC1CCCCN1C1CC(C(C)C)CCC1N. The van der Waals surface area contributed by atoms with Crippen LogP contribution in [0.1, 0.15) is 65.7 Å². The lowest BCUT2D eigenvalue weighted by molar-refractivity contribution is 0.0372. The van der Waals surface area contributed by atoms with Crippen LogP contribution in [-0.2, 0) is 0 Å². The predicted molar refractivity (Wildman–Crippen MR) is 78.6 cm³/mol. The summed E-state index contributed by atoms with van der Waals surface area (Å²) in [7, 11) is 0. The summed E-state index contributed by atoms with van der Waals surface area (Å²) < 4.78 is 0. The normalized spacial score (nSPS) is 39.2. The lowest BCUT2D eigenvalue weighted by atomic mass is 9.75. The zero-order chi connectivity index (χ0) is 13.1. The molecular weight excluding hydrogens is 220 g/mol. The first-order chi connectivity index (χ1) is 8.63. The summed E-state index contributed by atoms with van der Waals surface area (Å²) in [5, 5.41) is 0. The monoisotopic (exact) mass is 252 g/mol. The van der Waals surface area contributed by atoms with Gasteiger partial charge in [-0.15, -0.1) is 0 Å². The molecule has 1 aliphatic heterocycles. The Morgan fingerprint density at radius 2 is 1.94 bits per heavy atom. The van der Waals surface area contributed by atoms with Crippen LogP contribution in [0.4, 0.5) is 0 Å². The average molecular weight is 252 g/mol. The Bertz CT molecular complexity index is 251. The lowest BCUT2D eigenvalue weighted by Gasteiger charge is -2.47. The first kappa shape index (κ1) is 14.3. The second kappa shape index (κ2) is 6.38. The Labute approximate surface area is 113 Å². The maximum atomic E-state index is 6.45. The van der Waals surface area contributed by atoms with E-state index in [-0.39, 0.29) is 0 Å². The van der Waals surface area contributed by atoms with Gasteiger partial charge < -0.3 is 5.73 Å². The van der Waals surface area contributed by atoms with Crippen LogP contribution in [0.25, 0.3) is 0 Å². The standard InChI is InChI=1S/C16H32N2/c1-4-14-7-5-6-10-18(14)16-11-13(12(2)3)8-9-15(16)17/h12-16H,4-11,17H2,1-3H3. The van der Waals surface area contributed by atoms with Crippen LogP contribution in [0.15, 0.2) is 0 Å². The summed E-state index contributed by atoms with van der Waals surface area (Å²) in [6, 6.07) is 1.89. The Kier molecular flexibility index (Phi) is 5.08. The van der Waals surface area contributed by atoms with Crippen LogP contribution in [0, 0.1) is 11.8 Å². The van der Waals surface area contributed by atoms with Gasteiger partial charge in [0.05, 0.1) is 0 Å². The highest BCUT2D eigenvalue weighted by molar-refractivity contribution is 4.93. The summed E-state index contributed by atoms with van der Waals surface area (Å²) in [5.74, 6) is 1.72. The third-order valence-electron chi connectivity index (χ3n) is 5.42. The topological polar surface area (TPSA) is 29.3 Å². The van der Waals surface area contributed by atoms with Gasteiger partial charge in [-0.2, -0.15) is 0 Å². The van der Waals surface area contributed by atoms with Crippen LogP contribution >= 0.6 is 0 Å². The number of nitrogens with two attached hydrogens (primary N) is 1. The molecule has 0 aromatic carbocycles. The molecule has 0 amide bonds. The maximum Gasteiger partial charge on any atom is 0.0252 e. The number of hydrogen-bond acceptors (Lipinski definition) is 2. The molecule has 0 spiro atoms. The molecule has 2 heteroatoms. The molecule has 106 valence electrons. The van der Waals surface area contributed by atoms with E-state index in [9.17, 15) is 0 Å². The smallest absolute Gasteiger partial charge is 0.0252 e. The molecule has 0 radical (unpaired) electrons. The van der Waals surface area contributed by atoms with E-state index in [1.807, 2.05) is 0 Å². The minimum Gasteiger partial charge on any atom is -0.326 e. The van der Waals surface area contributed by atoms with Crippen molar-refractivity contribution in [2.75, 3.05) is 6.54 Å². The zero-order valence-electron chi connectivity index (χ0n) is 12.6. The molecule has 1 saturated heterocycles. The van der Waals surface area contributed by atoms with Gasteiger partial charge in [-0.25, -0.2) is 0 Å². The fraction of sp³-hybridized carbons (Fsp3) is 1.00. The van der Waals surface area contributed by atoms with E-state index < -0.39 is 0 Å². The van der Waals surface area contributed by atoms with E-state index in [1.165, 1.54) is 51.5 Å². The third-order valence-corrected chi connectivity index (χ3v) is 5.42. The number of rotatable bonds is 3. The fourth-order valence-corrected chi connectivity index (χ4v) is 4.09. The Hall–Kier alpha value is -0.0800. The molecule has 2 fully saturated rings. The highest BCUT2D eigenvalue weighted by Crippen LogP contribution is 2.35. The van der Waals surface area contributed by atoms with Gasteiger partial charge in [0.15, 0.2) is 0 Å². The second-order valence-electron chi connectivity index (χ2n) is 6.84. The van der Waals surface area contributed by atoms with E-state index >= 15 is 0 Å². The van der Waals surface area contributed by atoms with Crippen molar-refractivity contribution in [3.63, 3.8) is 0 Å². The Morgan fingerprint density at radius 1 is 1.17 bits per heavy atom. The zero-order valence-corrected chi connectivity index (χ0v) is 12.6. The minimum absolute atomic E-state index is 0.423. The first-order valence-electron chi connectivity index (χ1n) is 8.14. The largest absolute Gasteiger partial charge is 0.326 e. The molecule has 2 aliphatic rings. The highest BCUT2D eigenvalue weighted by atomic mass is 15.2. The van der Waals surface area contributed by atoms with Crippen LogP contribution in [-0.4, -0.2) is 29.6 Å². The van der Waals surface area contributed by atoms with E-state index in [4.69, 9.17) is 5.73 Å². The van der Waals surface area contributed by atoms with Crippen molar-refractivity contribution in [3.05, 3.63) is 0 Å². The number of nitrogens with zero attached hydrogens (tertiary/aromatic N) is 1. The molecule has 0 aromatic heterocycles. The van der Waals surface area contributed by atoms with Crippen molar-refractivity contribution in [2.24, 2.45) is 17.6 Å². The van der Waals surface area contributed by atoms with Crippen LogP contribution in [0.2, 0.25) is 0 Å². The van der Waals surface area contributed by atoms with E-state index in [1.54, 1.807) is 0 Å². The highest BCUT2D eigenvalue weighted by Gasteiger charge is 2.36. The lowest BCUT2D eigenvalue weighted by Crippen LogP contribution is -2.56. The van der Waals surface area contributed by atoms with Crippen LogP contribution < -0.4 is 5.73 Å². The van der Waals surface area contributed by atoms with Crippen molar-refractivity contribution >= 4 is 0 Å². The molecular formula is C16H32N2.